The summed E-state index contributed by atoms with van der Waals surface area (Å²) < 4.78 is 0. The lowest BCUT2D eigenvalue weighted by atomic mass is 9.97. The fourth-order valence-electron chi connectivity index (χ4n) is 3.05. The molecule has 3 rings (SSSR count). The molecule has 5 heteroatoms. The van der Waals surface area contributed by atoms with E-state index in [1.54, 1.807) is 4.90 Å². The van der Waals surface area contributed by atoms with Crippen LogP contribution in [0, 0.1) is 12.8 Å². The van der Waals surface area contributed by atoms with Crippen molar-refractivity contribution in [1.29, 1.82) is 0 Å². The summed E-state index contributed by atoms with van der Waals surface area (Å²) in [6.45, 7) is 3.08. The van der Waals surface area contributed by atoms with Gasteiger partial charge in [-0.15, -0.1) is 0 Å². The van der Waals surface area contributed by atoms with Gasteiger partial charge in [0.15, 0.2) is 0 Å². The van der Waals surface area contributed by atoms with E-state index in [4.69, 9.17) is 0 Å². The van der Waals surface area contributed by atoms with Crippen molar-refractivity contribution >= 4 is 23.3 Å². The number of anilines is 2. The molecule has 1 aliphatic rings. The van der Waals surface area contributed by atoms with Gasteiger partial charge in [-0.05, 0) is 43.5 Å². The Morgan fingerprint density at radius 3 is 2.48 bits per heavy atom. The minimum absolute atomic E-state index is 0.0217. The Hall–Kier alpha value is -2.82. The van der Waals surface area contributed by atoms with Crippen molar-refractivity contribution in [3.63, 3.8) is 0 Å². The average Bonchev–Trinajstić information content (AvgIpc) is 2.64. The molecular formula is C20H23N3O2. The molecule has 1 heterocycles. The summed E-state index contributed by atoms with van der Waals surface area (Å²) in [6.07, 6.45) is 1.63. The van der Waals surface area contributed by atoms with E-state index in [1.807, 2.05) is 61.5 Å². The summed E-state index contributed by atoms with van der Waals surface area (Å²) in [4.78, 5) is 26.7. The zero-order valence-electron chi connectivity index (χ0n) is 14.4. The monoisotopic (exact) mass is 337 g/mol. The number of piperidine rings is 1. The third-order valence-corrected chi connectivity index (χ3v) is 4.51. The number of nitrogens with zero attached hydrogens (tertiary/aromatic N) is 1. The van der Waals surface area contributed by atoms with Crippen molar-refractivity contribution in [2.75, 3.05) is 23.7 Å². The topological polar surface area (TPSA) is 61.4 Å². The number of hydrogen-bond acceptors (Lipinski definition) is 2. The lowest BCUT2D eigenvalue weighted by Crippen LogP contribution is -2.45. The average molecular weight is 337 g/mol. The molecule has 1 aliphatic heterocycles. The first-order valence-corrected chi connectivity index (χ1v) is 8.61. The number of carbonyl (C=O) groups excluding carboxylic acids is 2. The van der Waals surface area contributed by atoms with Crippen LogP contribution in [0.1, 0.15) is 18.4 Å². The molecule has 25 heavy (non-hydrogen) atoms. The van der Waals surface area contributed by atoms with E-state index >= 15 is 0 Å². The Morgan fingerprint density at radius 2 is 1.72 bits per heavy atom. The maximum atomic E-state index is 12.6. The van der Waals surface area contributed by atoms with E-state index in [2.05, 4.69) is 10.6 Å². The second-order valence-corrected chi connectivity index (χ2v) is 6.39. The van der Waals surface area contributed by atoms with Crippen molar-refractivity contribution < 1.29 is 9.59 Å². The number of nitrogens with one attached hydrogen (secondary N) is 2. The fraction of sp³-hybridized carbons (Fsp3) is 0.300. The SMILES string of the molecule is Cc1ccccc1NC(=O)[C@H]1CCCN(C(=O)Nc2ccccc2)C1. The van der Waals surface area contributed by atoms with E-state index in [0.29, 0.717) is 13.1 Å². The molecule has 2 aromatic rings. The maximum absolute atomic E-state index is 12.6. The second kappa shape index (κ2) is 7.83. The highest BCUT2D eigenvalue weighted by atomic mass is 16.2. The molecule has 5 nitrogen and oxygen atoms in total. The van der Waals surface area contributed by atoms with Crippen LogP contribution < -0.4 is 10.6 Å². The molecule has 0 radical (unpaired) electrons. The first kappa shape index (κ1) is 17.0. The number of urea groups is 1. The predicted molar refractivity (Wildman–Crippen MR) is 99.6 cm³/mol. The Balaban J connectivity index is 1.59. The van der Waals surface area contributed by atoms with Gasteiger partial charge in [-0.1, -0.05) is 36.4 Å². The van der Waals surface area contributed by atoms with Crippen molar-refractivity contribution in [2.24, 2.45) is 5.92 Å². The highest BCUT2D eigenvalue weighted by Gasteiger charge is 2.28. The Bertz CT molecular complexity index is 746. The number of carbonyl (C=O) groups is 2. The number of aryl methyl sites for hydroxylation is 1. The summed E-state index contributed by atoms with van der Waals surface area (Å²) in [5, 5.41) is 5.88. The van der Waals surface area contributed by atoms with Crippen LogP contribution in [0.15, 0.2) is 54.6 Å². The van der Waals surface area contributed by atoms with Crippen LogP contribution in [-0.2, 0) is 4.79 Å². The summed E-state index contributed by atoms with van der Waals surface area (Å²) in [5.41, 5.74) is 2.63. The first-order valence-electron chi connectivity index (χ1n) is 8.61. The Morgan fingerprint density at radius 1 is 1.00 bits per heavy atom. The molecule has 0 unspecified atom stereocenters. The largest absolute Gasteiger partial charge is 0.326 e. The van der Waals surface area contributed by atoms with Gasteiger partial charge in [0.2, 0.25) is 5.91 Å². The number of rotatable bonds is 3. The number of likely N-dealkylation sites (tertiary alicyclic amines) is 1. The van der Waals surface area contributed by atoms with Gasteiger partial charge in [0.25, 0.3) is 0 Å². The van der Waals surface area contributed by atoms with Crippen molar-refractivity contribution in [1.82, 2.24) is 4.90 Å². The number of benzene rings is 2. The van der Waals surface area contributed by atoms with Gasteiger partial charge in [0, 0.05) is 24.5 Å². The molecule has 2 aromatic carbocycles. The van der Waals surface area contributed by atoms with Gasteiger partial charge < -0.3 is 15.5 Å². The van der Waals surface area contributed by atoms with Gasteiger partial charge in [0.1, 0.15) is 0 Å². The van der Waals surface area contributed by atoms with Crippen LogP contribution in [0.25, 0.3) is 0 Å². The minimum Gasteiger partial charge on any atom is -0.326 e. The van der Waals surface area contributed by atoms with Crippen LogP contribution in [0.3, 0.4) is 0 Å². The summed E-state index contributed by atoms with van der Waals surface area (Å²) in [5.74, 6) is -0.207. The van der Waals surface area contributed by atoms with Gasteiger partial charge in [0.05, 0.1) is 5.92 Å². The minimum atomic E-state index is -0.185. The van der Waals surface area contributed by atoms with Crippen molar-refractivity contribution in [2.45, 2.75) is 19.8 Å². The van der Waals surface area contributed by atoms with Gasteiger partial charge in [-0.3, -0.25) is 4.79 Å². The van der Waals surface area contributed by atoms with Crippen molar-refractivity contribution in [3.8, 4) is 0 Å². The molecule has 3 amide bonds. The van der Waals surface area contributed by atoms with Gasteiger partial charge in [-0.2, -0.15) is 0 Å². The first-order chi connectivity index (χ1) is 12.1. The highest BCUT2D eigenvalue weighted by molar-refractivity contribution is 5.94. The molecule has 1 saturated heterocycles. The van der Waals surface area contributed by atoms with Crippen LogP contribution in [0.5, 0.6) is 0 Å². The third kappa shape index (κ3) is 4.38. The third-order valence-electron chi connectivity index (χ3n) is 4.51. The van der Waals surface area contributed by atoms with E-state index < -0.39 is 0 Å². The molecule has 130 valence electrons. The van der Waals surface area contributed by atoms with Crippen LogP contribution in [-0.4, -0.2) is 29.9 Å². The van der Waals surface area contributed by atoms with Crippen molar-refractivity contribution in [3.05, 3.63) is 60.2 Å². The lowest BCUT2D eigenvalue weighted by molar-refractivity contribution is -0.121. The molecule has 2 N–H and O–H groups in total. The molecule has 1 fully saturated rings. The van der Waals surface area contributed by atoms with E-state index in [1.165, 1.54) is 0 Å². The maximum Gasteiger partial charge on any atom is 0.321 e. The summed E-state index contributed by atoms with van der Waals surface area (Å²) in [7, 11) is 0. The zero-order valence-corrected chi connectivity index (χ0v) is 14.4. The molecule has 0 aliphatic carbocycles. The molecule has 0 bridgehead atoms. The second-order valence-electron chi connectivity index (χ2n) is 6.39. The van der Waals surface area contributed by atoms with E-state index in [9.17, 15) is 9.59 Å². The fourth-order valence-corrected chi connectivity index (χ4v) is 3.05. The lowest BCUT2D eigenvalue weighted by Gasteiger charge is -2.32. The molecule has 0 spiro atoms. The van der Waals surface area contributed by atoms with Gasteiger partial charge >= 0.3 is 6.03 Å². The normalized spacial score (nSPS) is 17.0. The smallest absolute Gasteiger partial charge is 0.321 e. The van der Waals surface area contributed by atoms with Crippen LogP contribution in [0.2, 0.25) is 0 Å². The predicted octanol–water partition coefficient (Wildman–Crippen LogP) is 3.88. The molecule has 0 aromatic heterocycles. The number of para-hydroxylation sites is 2. The molecule has 0 saturated carbocycles. The zero-order chi connectivity index (χ0) is 17.6. The van der Waals surface area contributed by atoms with Crippen LogP contribution in [0.4, 0.5) is 16.2 Å². The van der Waals surface area contributed by atoms with E-state index in [0.717, 1.165) is 29.8 Å². The standard InChI is InChI=1S/C20H23N3O2/c1-15-8-5-6-12-18(15)22-19(24)16-9-7-13-23(14-16)20(25)21-17-10-3-2-4-11-17/h2-6,8,10-12,16H,7,9,13-14H2,1H3,(H,21,25)(H,22,24)/t16-/m0/s1. The highest BCUT2D eigenvalue weighted by Crippen LogP contribution is 2.21. The molecular weight excluding hydrogens is 314 g/mol. The number of amides is 3. The number of hydrogen-bond donors (Lipinski definition) is 2. The van der Waals surface area contributed by atoms with E-state index in [-0.39, 0.29) is 17.9 Å². The van der Waals surface area contributed by atoms with Gasteiger partial charge in [-0.25, -0.2) is 4.79 Å². The summed E-state index contributed by atoms with van der Waals surface area (Å²) in [6, 6.07) is 16.9. The quantitative estimate of drug-likeness (QED) is 0.893. The Labute approximate surface area is 148 Å². The summed E-state index contributed by atoms with van der Waals surface area (Å²) >= 11 is 0. The Kier molecular flexibility index (Phi) is 5.33. The molecule has 1 atom stereocenters. The van der Waals surface area contributed by atoms with Crippen LogP contribution >= 0.6 is 0 Å².